The molecule has 0 saturated carbocycles. The van der Waals surface area contributed by atoms with Gasteiger partial charge in [0.25, 0.3) is 0 Å². The summed E-state index contributed by atoms with van der Waals surface area (Å²) in [7, 11) is 0. The van der Waals surface area contributed by atoms with E-state index in [0.717, 1.165) is 17.0 Å². The molecule has 0 aliphatic carbocycles. The van der Waals surface area contributed by atoms with E-state index in [0.29, 0.717) is 13.0 Å². The first-order chi connectivity index (χ1) is 10.6. The Morgan fingerprint density at radius 3 is 2.77 bits per heavy atom. The molecule has 2 amide bonds. The zero-order valence-electron chi connectivity index (χ0n) is 12.8. The number of amides is 2. The smallest absolute Gasteiger partial charge is 0.414 e. The van der Waals surface area contributed by atoms with Gasteiger partial charge in [-0.05, 0) is 11.5 Å². The molecule has 0 saturated heterocycles. The van der Waals surface area contributed by atoms with Crippen LogP contribution >= 0.6 is 0 Å². The van der Waals surface area contributed by atoms with Gasteiger partial charge in [-0.15, -0.1) is 0 Å². The standard InChI is InChI=1S/C17H20N2O3/c1-11(2)14-15-13(18-16(14)20)8-9-19(15)17(21)22-10-12-6-4-3-5-7-12/h3-7,11,14H,8-10H2,1-2H3,(H,18,20)/t14-/m0/s1. The largest absolute Gasteiger partial charge is 0.444 e. The van der Waals surface area contributed by atoms with Crippen molar-refractivity contribution in [2.75, 3.05) is 6.54 Å². The fraction of sp³-hybridized carbons (Fsp3) is 0.412. The summed E-state index contributed by atoms with van der Waals surface area (Å²) < 4.78 is 5.40. The second kappa shape index (κ2) is 5.83. The van der Waals surface area contributed by atoms with Crippen molar-refractivity contribution < 1.29 is 14.3 Å². The molecule has 2 heterocycles. The number of ether oxygens (including phenoxy) is 1. The van der Waals surface area contributed by atoms with Gasteiger partial charge < -0.3 is 10.1 Å². The topological polar surface area (TPSA) is 58.6 Å². The van der Waals surface area contributed by atoms with Crippen LogP contribution in [0.2, 0.25) is 0 Å². The van der Waals surface area contributed by atoms with Crippen molar-refractivity contribution in [1.82, 2.24) is 10.2 Å². The van der Waals surface area contributed by atoms with Gasteiger partial charge in [-0.2, -0.15) is 0 Å². The average Bonchev–Trinajstić information content (AvgIpc) is 3.03. The van der Waals surface area contributed by atoms with Crippen LogP contribution in [0.4, 0.5) is 4.79 Å². The van der Waals surface area contributed by atoms with Crippen molar-refractivity contribution in [3.05, 3.63) is 47.3 Å². The highest BCUT2D eigenvalue weighted by Gasteiger charge is 2.43. The van der Waals surface area contributed by atoms with Crippen molar-refractivity contribution in [3.63, 3.8) is 0 Å². The maximum absolute atomic E-state index is 12.4. The van der Waals surface area contributed by atoms with E-state index in [1.165, 1.54) is 0 Å². The number of nitrogens with one attached hydrogen (secondary N) is 1. The fourth-order valence-electron chi connectivity index (χ4n) is 3.07. The highest BCUT2D eigenvalue weighted by atomic mass is 16.6. The number of carbonyl (C=O) groups is 2. The molecule has 0 spiro atoms. The van der Waals surface area contributed by atoms with Crippen molar-refractivity contribution in [1.29, 1.82) is 0 Å². The Morgan fingerprint density at radius 1 is 1.36 bits per heavy atom. The lowest BCUT2D eigenvalue weighted by molar-refractivity contribution is -0.123. The zero-order chi connectivity index (χ0) is 15.7. The van der Waals surface area contributed by atoms with Gasteiger partial charge in [0.05, 0.1) is 11.6 Å². The minimum Gasteiger partial charge on any atom is -0.444 e. The first kappa shape index (κ1) is 14.6. The third-order valence-electron chi connectivity index (χ3n) is 4.13. The number of benzene rings is 1. The molecule has 5 nitrogen and oxygen atoms in total. The van der Waals surface area contributed by atoms with E-state index in [9.17, 15) is 9.59 Å². The molecule has 0 bridgehead atoms. The molecule has 0 aromatic heterocycles. The molecule has 22 heavy (non-hydrogen) atoms. The van der Waals surface area contributed by atoms with Gasteiger partial charge in [0, 0.05) is 18.7 Å². The highest BCUT2D eigenvalue weighted by Crippen LogP contribution is 2.37. The molecular weight excluding hydrogens is 280 g/mol. The first-order valence-electron chi connectivity index (χ1n) is 7.60. The predicted octanol–water partition coefficient (Wildman–Crippen LogP) is 2.64. The molecule has 1 aromatic rings. The van der Waals surface area contributed by atoms with E-state index in [1.807, 2.05) is 44.2 Å². The molecule has 1 aromatic carbocycles. The number of nitrogens with zero attached hydrogens (tertiary/aromatic N) is 1. The molecule has 1 atom stereocenters. The van der Waals surface area contributed by atoms with E-state index in [1.54, 1.807) is 4.90 Å². The molecule has 1 N–H and O–H groups in total. The third kappa shape index (κ3) is 2.58. The van der Waals surface area contributed by atoms with Gasteiger partial charge in [-0.25, -0.2) is 4.79 Å². The quantitative estimate of drug-likeness (QED) is 0.933. The van der Waals surface area contributed by atoms with E-state index in [-0.39, 0.29) is 30.4 Å². The Labute approximate surface area is 129 Å². The Morgan fingerprint density at radius 2 is 2.09 bits per heavy atom. The van der Waals surface area contributed by atoms with Gasteiger partial charge in [-0.3, -0.25) is 9.69 Å². The van der Waals surface area contributed by atoms with Crippen molar-refractivity contribution in [3.8, 4) is 0 Å². The lowest BCUT2D eigenvalue weighted by Crippen LogP contribution is -2.36. The molecule has 2 aliphatic rings. The summed E-state index contributed by atoms with van der Waals surface area (Å²) in [6.45, 7) is 4.80. The van der Waals surface area contributed by atoms with E-state index in [4.69, 9.17) is 4.74 Å². The van der Waals surface area contributed by atoms with Crippen molar-refractivity contribution in [2.45, 2.75) is 26.9 Å². The monoisotopic (exact) mass is 300 g/mol. The summed E-state index contributed by atoms with van der Waals surface area (Å²) >= 11 is 0. The fourth-order valence-corrected chi connectivity index (χ4v) is 3.07. The van der Waals surface area contributed by atoms with Crippen LogP contribution in [-0.2, 0) is 16.1 Å². The summed E-state index contributed by atoms with van der Waals surface area (Å²) in [4.78, 5) is 26.0. The molecular formula is C17H20N2O3. The van der Waals surface area contributed by atoms with Crippen molar-refractivity contribution in [2.24, 2.45) is 11.8 Å². The van der Waals surface area contributed by atoms with Gasteiger partial charge in [-0.1, -0.05) is 44.2 Å². The molecule has 0 radical (unpaired) electrons. The van der Waals surface area contributed by atoms with E-state index >= 15 is 0 Å². The lowest BCUT2D eigenvalue weighted by atomic mass is 9.93. The molecule has 3 rings (SSSR count). The minimum atomic E-state index is -0.379. The molecule has 0 fully saturated rings. The Bertz CT molecular complexity index is 622. The van der Waals surface area contributed by atoms with Crippen LogP contribution in [0.3, 0.4) is 0 Å². The molecule has 0 unspecified atom stereocenters. The number of rotatable bonds is 3. The predicted molar refractivity (Wildman–Crippen MR) is 81.4 cm³/mol. The number of hydrogen-bond donors (Lipinski definition) is 1. The summed E-state index contributed by atoms with van der Waals surface area (Å²) in [6, 6.07) is 9.58. The van der Waals surface area contributed by atoms with Crippen LogP contribution in [0, 0.1) is 11.8 Å². The Hall–Kier alpha value is -2.30. The lowest BCUT2D eigenvalue weighted by Gasteiger charge is -2.24. The molecule has 5 heteroatoms. The Balaban J connectivity index is 1.70. The summed E-state index contributed by atoms with van der Waals surface area (Å²) in [5.41, 5.74) is 2.63. The Kier molecular flexibility index (Phi) is 3.88. The maximum atomic E-state index is 12.4. The first-order valence-corrected chi connectivity index (χ1v) is 7.60. The third-order valence-corrected chi connectivity index (χ3v) is 4.13. The number of hydrogen-bond acceptors (Lipinski definition) is 3. The number of carbonyl (C=O) groups excluding carboxylic acids is 2. The normalized spacial score (nSPS) is 20.4. The summed E-state index contributed by atoms with van der Waals surface area (Å²) in [5.74, 6) is -0.127. The van der Waals surface area contributed by atoms with Crippen LogP contribution in [0.1, 0.15) is 25.8 Å². The summed E-state index contributed by atoms with van der Waals surface area (Å²) in [6.07, 6.45) is 0.307. The SMILES string of the molecule is CC(C)[C@@H]1C(=O)NC2=C1N(C(=O)OCc1ccccc1)CC2. The maximum Gasteiger partial charge on any atom is 0.414 e. The second-order valence-corrected chi connectivity index (χ2v) is 6.02. The van der Waals surface area contributed by atoms with Gasteiger partial charge in [0.15, 0.2) is 0 Å². The highest BCUT2D eigenvalue weighted by molar-refractivity contribution is 5.89. The second-order valence-electron chi connectivity index (χ2n) is 6.02. The molecule has 116 valence electrons. The molecule has 2 aliphatic heterocycles. The van der Waals surface area contributed by atoms with Gasteiger partial charge in [0.1, 0.15) is 6.61 Å². The van der Waals surface area contributed by atoms with E-state index < -0.39 is 0 Å². The van der Waals surface area contributed by atoms with Crippen LogP contribution in [-0.4, -0.2) is 23.4 Å². The van der Waals surface area contributed by atoms with E-state index in [2.05, 4.69) is 5.32 Å². The zero-order valence-corrected chi connectivity index (χ0v) is 12.8. The summed E-state index contributed by atoms with van der Waals surface area (Å²) in [5, 5.41) is 2.90. The minimum absolute atomic E-state index is 0.0134. The van der Waals surface area contributed by atoms with Gasteiger partial charge in [0.2, 0.25) is 5.91 Å². The average molecular weight is 300 g/mol. The van der Waals surface area contributed by atoms with Crippen LogP contribution in [0.5, 0.6) is 0 Å². The van der Waals surface area contributed by atoms with Crippen LogP contribution < -0.4 is 5.32 Å². The van der Waals surface area contributed by atoms with Crippen LogP contribution in [0.25, 0.3) is 0 Å². The van der Waals surface area contributed by atoms with Crippen molar-refractivity contribution >= 4 is 12.0 Å². The van der Waals surface area contributed by atoms with Gasteiger partial charge >= 0.3 is 6.09 Å². The van der Waals surface area contributed by atoms with Crippen LogP contribution in [0.15, 0.2) is 41.7 Å².